The van der Waals surface area contributed by atoms with Crippen molar-refractivity contribution >= 4 is 5.97 Å². The Hall–Kier alpha value is -0.610. The monoisotopic (exact) mass is 257 g/mol. The average Bonchev–Trinajstić information content (AvgIpc) is 2.73. The molecule has 18 heavy (non-hydrogen) atoms. The second kappa shape index (κ2) is 6.53. The minimum atomic E-state index is -0.434. The van der Waals surface area contributed by atoms with E-state index in [9.17, 15) is 4.79 Å². The lowest BCUT2D eigenvalue weighted by molar-refractivity contribution is -0.154. The first-order valence-corrected chi connectivity index (χ1v) is 6.96. The maximum absolute atomic E-state index is 12.1. The van der Waals surface area contributed by atoms with Crippen molar-refractivity contribution in [3.05, 3.63) is 0 Å². The van der Waals surface area contributed by atoms with Gasteiger partial charge in [-0.15, -0.1) is 0 Å². The zero-order valence-corrected chi connectivity index (χ0v) is 12.2. The maximum Gasteiger partial charge on any atom is 0.326 e. The zero-order valence-electron chi connectivity index (χ0n) is 12.2. The van der Waals surface area contributed by atoms with Crippen LogP contribution < -0.4 is 5.32 Å². The van der Waals surface area contributed by atoms with Crippen molar-refractivity contribution < 1.29 is 14.3 Å². The van der Waals surface area contributed by atoms with Gasteiger partial charge < -0.3 is 14.8 Å². The van der Waals surface area contributed by atoms with Gasteiger partial charge in [-0.25, -0.2) is 0 Å². The Morgan fingerprint density at radius 1 is 1.33 bits per heavy atom. The molecule has 1 aliphatic heterocycles. The van der Waals surface area contributed by atoms with E-state index >= 15 is 0 Å². The predicted molar refractivity (Wildman–Crippen MR) is 71.5 cm³/mol. The Morgan fingerprint density at radius 2 is 2.06 bits per heavy atom. The molecule has 106 valence electrons. The number of nitrogens with one attached hydrogen (secondary N) is 1. The van der Waals surface area contributed by atoms with Gasteiger partial charge in [0, 0.05) is 0 Å². The van der Waals surface area contributed by atoms with Crippen LogP contribution in [0.15, 0.2) is 0 Å². The fourth-order valence-electron chi connectivity index (χ4n) is 2.34. The molecule has 0 saturated carbocycles. The Labute approximate surface area is 110 Å². The zero-order chi connectivity index (χ0) is 13.6. The van der Waals surface area contributed by atoms with E-state index in [2.05, 4.69) is 12.2 Å². The van der Waals surface area contributed by atoms with Crippen LogP contribution in [-0.4, -0.2) is 36.9 Å². The van der Waals surface area contributed by atoms with Crippen LogP contribution in [-0.2, 0) is 14.3 Å². The van der Waals surface area contributed by atoms with Gasteiger partial charge in [-0.3, -0.25) is 4.79 Å². The second-order valence-electron chi connectivity index (χ2n) is 5.96. The molecular weight excluding hydrogens is 230 g/mol. The summed E-state index contributed by atoms with van der Waals surface area (Å²) in [4.78, 5) is 12.1. The summed E-state index contributed by atoms with van der Waals surface area (Å²) < 4.78 is 10.9. The summed E-state index contributed by atoms with van der Waals surface area (Å²) in [5, 5.41) is 3.31. The van der Waals surface area contributed by atoms with E-state index in [0.717, 1.165) is 32.2 Å². The Kier molecular flexibility index (Phi) is 5.60. The first kappa shape index (κ1) is 15.4. The fraction of sp³-hybridized carbons (Fsp3) is 0.929. The number of carbonyl (C=O) groups is 1. The lowest BCUT2D eigenvalue weighted by Gasteiger charge is -2.27. The summed E-state index contributed by atoms with van der Waals surface area (Å²) in [5.74, 6) is -0.112. The Bertz CT molecular complexity index is 265. The molecule has 1 saturated heterocycles. The fourth-order valence-corrected chi connectivity index (χ4v) is 2.34. The first-order valence-electron chi connectivity index (χ1n) is 6.96. The molecule has 0 spiro atoms. The summed E-state index contributed by atoms with van der Waals surface area (Å²) in [7, 11) is 0. The molecule has 4 nitrogen and oxygen atoms in total. The topological polar surface area (TPSA) is 47.6 Å². The van der Waals surface area contributed by atoms with E-state index in [-0.39, 0.29) is 11.6 Å². The van der Waals surface area contributed by atoms with Crippen LogP contribution in [0.2, 0.25) is 0 Å². The van der Waals surface area contributed by atoms with Crippen molar-refractivity contribution in [3.8, 4) is 0 Å². The molecule has 1 N–H and O–H groups in total. The smallest absolute Gasteiger partial charge is 0.326 e. The highest BCUT2D eigenvalue weighted by molar-refractivity contribution is 5.81. The SMILES string of the molecule is CCCC1(C(=O)OCCOC(C)(C)C)CCCN1. The standard InChI is InChI=1S/C14H27NO3/c1-5-7-14(8-6-9-15-14)12(16)17-10-11-18-13(2,3)4/h15H,5-11H2,1-4H3. The quantitative estimate of drug-likeness (QED) is 0.586. The number of hydrogen-bond donors (Lipinski definition) is 1. The third-order valence-corrected chi connectivity index (χ3v) is 3.16. The largest absolute Gasteiger partial charge is 0.462 e. The molecule has 1 atom stereocenters. The van der Waals surface area contributed by atoms with Crippen molar-refractivity contribution in [2.45, 2.75) is 64.5 Å². The van der Waals surface area contributed by atoms with Crippen LogP contribution in [0, 0.1) is 0 Å². The van der Waals surface area contributed by atoms with E-state index < -0.39 is 5.54 Å². The summed E-state index contributed by atoms with van der Waals surface area (Å²) >= 11 is 0. The predicted octanol–water partition coefficient (Wildman–Crippen LogP) is 2.27. The molecule has 1 heterocycles. The van der Waals surface area contributed by atoms with Crippen molar-refractivity contribution in [3.63, 3.8) is 0 Å². The van der Waals surface area contributed by atoms with Crippen LogP contribution in [0.3, 0.4) is 0 Å². The van der Waals surface area contributed by atoms with Crippen molar-refractivity contribution in [2.75, 3.05) is 19.8 Å². The van der Waals surface area contributed by atoms with Gasteiger partial charge in [0.1, 0.15) is 12.1 Å². The number of hydrogen-bond acceptors (Lipinski definition) is 4. The van der Waals surface area contributed by atoms with E-state index in [1.165, 1.54) is 0 Å². The van der Waals surface area contributed by atoms with Crippen LogP contribution in [0.5, 0.6) is 0 Å². The van der Waals surface area contributed by atoms with Gasteiger partial charge >= 0.3 is 5.97 Å². The summed E-state index contributed by atoms with van der Waals surface area (Å²) in [5.41, 5.74) is -0.615. The van der Waals surface area contributed by atoms with Gasteiger partial charge in [0.25, 0.3) is 0 Å². The molecule has 0 aromatic rings. The molecule has 0 aromatic heterocycles. The van der Waals surface area contributed by atoms with Crippen LogP contribution >= 0.6 is 0 Å². The molecular formula is C14H27NO3. The van der Waals surface area contributed by atoms with Crippen molar-refractivity contribution in [1.29, 1.82) is 0 Å². The molecule has 0 bridgehead atoms. The minimum Gasteiger partial charge on any atom is -0.462 e. The summed E-state index contributed by atoms with van der Waals surface area (Å²) in [6, 6.07) is 0. The Balaban J connectivity index is 2.34. The molecule has 0 aromatic carbocycles. The molecule has 1 rings (SSSR count). The molecule has 0 aliphatic carbocycles. The molecule has 1 fully saturated rings. The number of esters is 1. The van der Waals surface area contributed by atoms with Gasteiger partial charge in [-0.2, -0.15) is 0 Å². The number of rotatable bonds is 6. The van der Waals surface area contributed by atoms with E-state index in [0.29, 0.717) is 13.2 Å². The minimum absolute atomic E-state index is 0.112. The lowest BCUT2D eigenvalue weighted by Crippen LogP contribution is -2.48. The number of carbonyl (C=O) groups excluding carboxylic acids is 1. The maximum atomic E-state index is 12.1. The molecule has 0 amide bonds. The number of ether oxygens (including phenoxy) is 2. The van der Waals surface area contributed by atoms with Crippen molar-refractivity contribution in [1.82, 2.24) is 5.32 Å². The Morgan fingerprint density at radius 3 is 2.56 bits per heavy atom. The molecule has 1 aliphatic rings. The third kappa shape index (κ3) is 4.58. The average molecular weight is 257 g/mol. The molecule has 0 radical (unpaired) electrons. The van der Waals surface area contributed by atoms with Gasteiger partial charge in [0.15, 0.2) is 0 Å². The molecule has 1 unspecified atom stereocenters. The van der Waals surface area contributed by atoms with E-state index in [4.69, 9.17) is 9.47 Å². The van der Waals surface area contributed by atoms with E-state index in [1.54, 1.807) is 0 Å². The molecule has 4 heteroatoms. The summed E-state index contributed by atoms with van der Waals surface area (Å²) in [6.07, 6.45) is 3.78. The highest BCUT2D eigenvalue weighted by Gasteiger charge is 2.41. The van der Waals surface area contributed by atoms with Gasteiger partial charge in [0.2, 0.25) is 0 Å². The van der Waals surface area contributed by atoms with Gasteiger partial charge in [-0.05, 0) is 46.6 Å². The van der Waals surface area contributed by atoms with Crippen LogP contribution in [0.25, 0.3) is 0 Å². The third-order valence-electron chi connectivity index (χ3n) is 3.16. The van der Waals surface area contributed by atoms with E-state index in [1.807, 2.05) is 20.8 Å². The van der Waals surface area contributed by atoms with Crippen LogP contribution in [0.4, 0.5) is 0 Å². The first-order chi connectivity index (χ1) is 8.40. The highest BCUT2D eigenvalue weighted by Crippen LogP contribution is 2.26. The highest BCUT2D eigenvalue weighted by atomic mass is 16.6. The van der Waals surface area contributed by atoms with Gasteiger partial charge in [-0.1, -0.05) is 13.3 Å². The van der Waals surface area contributed by atoms with Crippen LogP contribution in [0.1, 0.15) is 53.4 Å². The normalized spacial score (nSPS) is 24.2. The van der Waals surface area contributed by atoms with Gasteiger partial charge in [0.05, 0.1) is 12.2 Å². The van der Waals surface area contributed by atoms with Crippen molar-refractivity contribution in [2.24, 2.45) is 0 Å². The summed E-state index contributed by atoms with van der Waals surface area (Å²) in [6.45, 7) is 9.77. The lowest BCUT2D eigenvalue weighted by atomic mass is 9.92. The second-order valence-corrected chi connectivity index (χ2v) is 5.96.